The van der Waals surface area contributed by atoms with Crippen molar-refractivity contribution in [2.24, 2.45) is 0 Å². The molecule has 3 aromatic rings. The number of benzene rings is 1. The molecular formula is C23H27N3O4. The van der Waals surface area contributed by atoms with Crippen molar-refractivity contribution >= 4 is 16.9 Å². The summed E-state index contributed by atoms with van der Waals surface area (Å²) < 4.78 is 13.5. The van der Waals surface area contributed by atoms with Crippen LogP contribution in [0.15, 0.2) is 40.1 Å². The van der Waals surface area contributed by atoms with E-state index in [-0.39, 0.29) is 11.5 Å². The van der Waals surface area contributed by atoms with Crippen molar-refractivity contribution in [3.8, 4) is 5.75 Å². The fourth-order valence-electron chi connectivity index (χ4n) is 4.03. The zero-order valence-electron chi connectivity index (χ0n) is 17.4. The first-order chi connectivity index (χ1) is 14.5. The van der Waals surface area contributed by atoms with Crippen LogP contribution in [0.1, 0.15) is 42.9 Å². The monoisotopic (exact) mass is 409 g/mol. The topological polar surface area (TPSA) is 86.4 Å². The minimum Gasteiger partial charge on any atom is -0.480 e. The normalized spacial score (nSPS) is 14.3. The summed E-state index contributed by atoms with van der Waals surface area (Å²) >= 11 is 0. The second-order valence-electron chi connectivity index (χ2n) is 7.82. The Bertz CT molecular complexity index is 1100. The zero-order chi connectivity index (χ0) is 21.1. The SMILES string of the molecule is Cc1c(O[C@H](C)C(=O)NCCCn2ccnc2)ccc2c3c(c(=O)oc12)CCCC3. The third-order valence-corrected chi connectivity index (χ3v) is 5.71. The highest BCUT2D eigenvalue weighted by Gasteiger charge is 2.21. The second-order valence-corrected chi connectivity index (χ2v) is 7.82. The summed E-state index contributed by atoms with van der Waals surface area (Å²) in [5, 5.41) is 3.88. The molecule has 30 heavy (non-hydrogen) atoms. The Balaban J connectivity index is 1.43. The molecule has 7 nitrogen and oxygen atoms in total. The molecule has 2 heterocycles. The van der Waals surface area contributed by atoms with Crippen molar-refractivity contribution in [3.63, 3.8) is 0 Å². The summed E-state index contributed by atoms with van der Waals surface area (Å²) in [4.78, 5) is 28.8. The van der Waals surface area contributed by atoms with E-state index in [1.165, 1.54) is 0 Å². The van der Waals surface area contributed by atoms with Crippen molar-refractivity contribution in [1.82, 2.24) is 14.9 Å². The Morgan fingerprint density at radius 2 is 2.10 bits per heavy atom. The summed E-state index contributed by atoms with van der Waals surface area (Å²) in [5.41, 5.74) is 2.97. The van der Waals surface area contributed by atoms with E-state index in [1.54, 1.807) is 19.4 Å². The van der Waals surface area contributed by atoms with Gasteiger partial charge in [-0.15, -0.1) is 0 Å². The molecule has 158 valence electrons. The van der Waals surface area contributed by atoms with Gasteiger partial charge in [0.25, 0.3) is 5.91 Å². The average molecular weight is 409 g/mol. The molecule has 7 heteroatoms. The number of amides is 1. The van der Waals surface area contributed by atoms with Gasteiger partial charge >= 0.3 is 5.63 Å². The van der Waals surface area contributed by atoms with Crippen LogP contribution in [0.2, 0.25) is 0 Å². The number of hydrogen-bond donors (Lipinski definition) is 1. The summed E-state index contributed by atoms with van der Waals surface area (Å²) in [5.74, 6) is 0.384. The fraction of sp³-hybridized carbons (Fsp3) is 0.435. The predicted molar refractivity (Wildman–Crippen MR) is 114 cm³/mol. The predicted octanol–water partition coefficient (Wildman–Crippen LogP) is 3.15. The van der Waals surface area contributed by atoms with E-state index in [2.05, 4.69) is 10.3 Å². The van der Waals surface area contributed by atoms with Crippen LogP contribution in [-0.4, -0.2) is 28.1 Å². The van der Waals surface area contributed by atoms with Crippen LogP contribution in [0.25, 0.3) is 11.0 Å². The number of imidazole rings is 1. The van der Waals surface area contributed by atoms with Gasteiger partial charge in [-0.25, -0.2) is 9.78 Å². The molecule has 1 aliphatic rings. The van der Waals surface area contributed by atoms with Crippen LogP contribution in [0.4, 0.5) is 0 Å². The van der Waals surface area contributed by atoms with Gasteiger partial charge in [0.15, 0.2) is 6.10 Å². The molecule has 0 bridgehead atoms. The van der Waals surface area contributed by atoms with Gasteiger partial charge in [-0.2, -0.15) is 0 Å². The smallest absolute Gasteiger partial charge is 0.339 e. The molecule has 0 radical (unpaired) electrons. The number of carbonyl (C=O) groups is 1. The largest absolute Gasteiger partial charge is 0.480 e. The highest BCUT2D eigenvalue weighted by atomic mass is 16.5. The Hall–Kier alpha value is -3.09. The number of carbonyl (C=O) groups excluding carboxylic acids is 1. The van der Waals surface area contributed by atoms with E-state index >= 15 is 0 Å². The average Bonchev–Trinajstić information content (AvgIpc) is 3.27. The Kier molecular flexibility index (Phi) is 5.88. The Morgan fingerprint density at radius 1 is 1.30 bits per heavy atom. The molecule has 0 saturated heterocycles. The number of ether oxygens (including phenoxy) is 1. The molecule has 1 aliphatic carbocycles. The van der Waals surface area contributed by atoms with Gasteiger partial charge in [-0.1, -0.05) is 0 Å². The quantitative estimate of drug-likeness (QED) is 0.479. The maximum Gasteiger partial charge on any atom is 0.339 e. The number of fused-ring (bicyclic) bond motifs is 3. The van der Waals surface area contributed by atoms with Gasteiger partial charge in [0.2, 0.25) is 0 Å². The lowest BCUT2D eigenvalue weighted by molar-refractivity contribution is -0.127. The van der Waals surface area contributed by atoms with Crippen LogP contribution in [0, 0.1) is 6.92 Å². The first-order valence-corrected chi connectivity index (χ1v) is 10.5. The van der Waals surface area contributed by atoms with Crippen LogP contribution in [0.3, 0.4) is 0 Å². The molecule has 0 fully saturated rings. The minimum absolute atomic E-state index is 0.174. The number of rotatable bonds is 7. The van der Waals surface area contributed by atoms with Crippen LogP contribution >= 0.6 is 0 Å². The van der Waals surface area contributed by atoms with Crippen molar-refractivity contribution in [1.29, 1.82) is 0 Å². The van der Waals surface area contributed by atoms with E-state index < -0.39 is 6.10 Å². The lowest BCUT2D eigenvalue weighted by Gasteiger charge is -2.19. The minimum atomic E-state index is -0.654. The molecule has 1 amide bonds. The molecule has 0 unspecified atom stereocenters. The molecule has 1 aromatic carbocycles. The standard InChI is InChI=1S/C23H27N3O4/c1-15-20(29-16(2)22(27)25-10-5-12-26-13-11-24-14-26)9-8-18-17-6-3-4-7-19(17)23(28)30-21(15)18/h8-9,11,13-14,16H,3-7,10,12H2,1-2H3,(H,25,27)/t16-/m1/s1. The second kappa shape index (κ2) is 8.73. The third kappa shape index (κ3) is 4.10. The van der Waals surface area contributed by atoms with E-state index in [0.29, 0.717) is 17.9 Å². The zero-order valence-corrected chi connectivity index (χ0v) is 17.4. The van der Waals surface area contributed by atoms with E-state index in [1.807, 2.05) is 29.8 Å². The number of aryl methyl sites for hydroxylation is 3. The van der Waals surface area contributed by atoms with Gasteiger partial charge < -0.3 is 19.0 Å². The van der Waals surface area contributed by atoms with Gasteiger partial charge in [0, 0.05) is 42.0 Å². The first-order valence-electron chi connectivity index (χ1n) is 10.5. The first kappa shape index (κ1) is 20.2. The molecule has 0 saturated carbocycles. The summed E-state index contributed by atoms with van der Waals surface area (Å²) in [7, 11) is 0. The summed E-state index contributed by atoms with van der Waals surface area (Å²) in [6.45, 7) is 4.94. The highest BCUT2D eigenvalue weighted by Crippen LogP contribution is 2.32. The molecule has 0 spiro atoms. The maximum atomic E-state index is 12.4. The number of hydrogen-bond acceptors (Lipinski definition) is 5. The van der Waals surface area contributed by atoms with Crippen molar-refractivity contribution in [2.45, 2.75) is 58.6 Å². The third-order valence-electron chi connectivity index (χ3n) is 5.71. The van der Waals surface area contributed by atoms with E-state index in [9.17, 15) is 9.59 Å². The van der Waals surface area contributed by atoms with E-state index in [0.717, 1.165) is 60.7 Å². The van der Waals surface area contributed by atoms with Crippen molar-refractivity contribution in [2.75, 3.05) is 6.54 Å². The molecule has 0 aliphatic heterocycles. The van der Waals surface area contributed by atoms with Crippen LogP contribution in [0.5, 0.6) is 5.75 Å². The molecular weight excluding hydrogens is 382 g/mol. The van der Waals surface area contributed by atoms with Crippen molar-refractivity contribution in [3.05, 3.63) is 58.0 Å². The van der Waals surface area contributed by atoms with Crippen LogP contribution < -0.4 is 15.7 Å². The molecule has 1 atom stereocenters. The lowest BCUT2D eigenvalue weighted by atomic mass is 9.90. The summed E-state index contributed by atoms with van der Waals surface area (Å²) in [6, 6.07) is 3.82. The number of nitrogens with zero attached hydrogens (tertiary/aromatic N) is 2. The number of aromatic nitrogens is 2. The van der Waals surface area contributed by atoms with E-state index in [4.69, 9.17) is 9.15 Å². The van der Waals surface area contributed by atoms with Gasteiger partial charge in [-0.05, 0) is 63.6 Å². The summed E-state index contributed by atoms with van der Waals surface area (Å²) in [6.07, 6.45) is 9.32. The van der Waals surface area contributed by atoms with Crippen molar-refractivity contribution < 1.29 is 13.9 Å². The molecule has 1 N–H and O–H groups in total. The molecule has 2 aromatic heterocycles. The Morgan fingerprint density at radius 3 is 2.87 bits per heavy atom. The lowest BCUT2D eigenvalue weighted by Crippen LogP contribution is -2.37. The fourth-order valence-corrected chi connectivity index (χ4v) is 4.03. The maximum absolute atomic E-state index is 12.4. The van der Waals surface area contributed by atoms with Gasteiger partial charge in [-0.3, -0.25) is 4.79 Å². The Labute approximate surface area is 175 Å². The van der Waals surface area contributed by atoms with Crippen LogP contribution in [-0.2, 0) is 24.2 Å². The molecule has 4 rings (SSSR count). The van der Waals surface area contributed by atoms with Gasteiger partial charge in [0.1, 0.15) is 11.3 Å². The van der Waals surface area contributed by atoms with Gasteiger partial charge in [0.05, 0.1) is 6.33 Å². The highest BCUT2D eigenvalue weighted by molar-refractivity contribution is 5.86. The number of nitrogens with one attached hydrogen (secondary N) is 1.